The van der Waals surface area contributed by atoms with E-state index in [1.165, 1.54) is 30.6 Å². The summed E-state index contributed by atoms with van der Waals surface area (Å²) in [5.74, 6) is 0.246. The van der Waals surface area contributed by atoms with Gasteiger partial charge in [-0.2, -0.15) is 0 Å². The van der Waals surface area contributed by atoms with Gasteiger partial charge in [0.25, 0.3) is 0 Å². The summed E-state index contributed by atoms with van der Waals surface area (Å²) in [6.07, 6.45) is 0. The van der Waals surface area contributed by atoms with Crippen molar-refractivity contribution >= 4 is 38.6 Å². The van der Waals surface area contributed by atoms with Crippen LogP contribution in [0.5, 0.6) is 5.75 Å². The van der Waals surface area contributed by atoms with Gasteiger partial charge in [0.15, 0.2) is 0 Å². The molecular formula is C12H13ClN2O3S2. The van der Waals surface area contributed by atoms with Gasteiger partial charge in [-0.25, -0.2) is 13.1 Å². The highest BCUT2D eigenvalue weighted by Gasteiger charge is 2.19. The summed E-state index contributed by atoms with van der Waals surface area (Å²) in [4.78, 5) is 0.837. The zero-order chi connectivity index (χ0) is 14.8. The Morgan fingerprint density at radius 1 is 1.35 bits per heavy atom. The predicted octanol–water partition coefficient (Wildman–Crippen LogP) is 2.47. The van der Waals surface area contributed by atoms with Gasteiger partial charge >= 0.3 is 0 Å². The molecule has 0 atom stereocenters. The molecule has 0 saturated heterocycles. The van der Waals surface area contributed by atoms with E-state index in [9.17, 15) is 8.42 Å². The highest BCUT2D eigenvalue weighted by molar-refractivity contribution is 7.89. The van der Waals surface area contributed by atoms with Crippen molar-refractivity contribution in [3.05, 3.63) is 39.5 Å². The lowest BCUT2D eigenvalue weighted by Crippen LogP contribution is -2.23. The summed E-state index contributed by atoms with van der Waals surface area (Å²) in [6, 6.07) is 7.95. The van der Waals surface area contributed by atoms with Crippen LogP contribution in [-0.2, 0) is 16.6 Å². The van der Waals surface area contributed by atoms with Crippen molar-refractivity contribution in [2.45, 2.75) is 11.4 Å². The van der Waals surface area contributed by atoms with Crippen molar-refractivity contribution in [2.75, 3.05) is 12.8 Å². The number of hydrogen-bond acceptors (Lipinski definition) is 5. The number of rotatable bonds is 5. The topological polar surface area (TPSA) is 81.4 Å². The summed E-state index contributed by atoms with van der Waals surface area (Å²) >= 11 is 7.12. The number of anilines is 1. The number of benzene rings is 1. The van der Waals surface area contributed by atoms with E-state index in [4.69, 9.17) is 22.1 Å². The first kappa shape index (κ1) is 15.1. The van der Waals surface area contributed by atoms with Gasteiger partial charge in [0, 0.05) is 17.1 Å². The molecule has 20 heavy (non-hydrogen) atoms. The Balaban J connectivity index is 2.24. The van der Waals surface area contributed by atoms with Crippen molar-refractivity contribution in [1.82, 2.24) is 4.72 Å². The van der Waals surface area contributed by atoms with Crippen LogP contribution in [0.2, 0.25) is 4.34 Å². The van der Waals surface area contributed by atoms with Gasteiger partial charge in [-0.05, 0) is 30.3 Å². The molecule has 0 aliphatic rings. The van der Waals surface area contributed by atoms with Crippen LogP contribution in [0.25, 0.3) is 0 Å². The third-order valence-electron chi connectivity index (χ3n) is 2.54. The molecule has 108 valence electrons. The van der Waals surface area contributed by atoms with Crippen molar-refractivity contribution in [2.24, 2.45) is 0 Å². The van der Waals surface area contributed by atoms with E-state index in [1.807, 2.05) is 0 Å². The molecule has 0 fully saturated rings. The summed E-state index contributed by atoms with van der Waals surface area (Å²) in [5.41, 5.74) is 5.98. The molecule has 8 heteroatoms. The van der Waals surface area contributed by atoms with E-state index < -0.39 is 10.0 Å². The van der Waals surface area contributed by atoms with E-state index in [0.29, 0.717) is 10.0 Å². The van der Waals surface area contributed by atoms with E-state index in [2.05, 4.69) is 4.72 Å². The number of nitrogens with one attached hydrogen (secondary N) is 1. The SMILES string of the molecule is COc1ccc(N)cc1S(=O)(=O)NCc1ccc(Cl)s1. The molecule has 0 spiro atoms. The fraction of sp³-hybridized carbons (Fsp3) is 0.167. The minimum absolute atomic E-state index is 0.0163. The number of nitrogens with two attached hydrogens (primary N) is 1. The molecule has 2 aromatic rings. The van der Waals surface area contributed by atoms with Crippen LogP contribution < -0.4 is 15.2 Å². The molecule has 0 aliphatic heterocycles. The van der Waals surface area contributed by atoms with Crippen molar-refractivity contribution < 1.29 is 13.2 Å². The van der Waals surface area contributed by atoms with Gasteiger partial charge in [0.1, 0.15) is 10.6 Å². The number of methoxy groups -OCH3 is 1. The molecular weight excluding hydrogens is 320 g/mol. The third kappa shape index (κ3) is 3.43. The van der Waals surface area contributed by atoms with Gasteiger partial charge in [0.2, 0.25) is 10.0 Å². The average molecular weight is 333 g/mol. The third-order valence-corrected chi connectivity index (χ3v) is 5.20. The fourth-order valence-electron chi connectivity index (χ4n) is 1.59. The summed E-state index contributed by atoms with van der Waals surface area (Å²) < 4.78 is 32.7. The molecule has 0 aliphatic carbocycles. The van der Waals surface area contributed by atoms with Crippen molar-refractivity contribution in [3.63, 3.8) is 0 Å². The van der Waals surface area contributed by atoms with Crippen LogP contribution in [-0.4, -0.2) is 15.5 Å². The maximum absolute atomic E-state index is 12.3. The van der Waals surface area contributed by atoms with Gasteiger partial charge in [0.05, 0.1) is 11.4 Å². The normalized spacial score (nSPS) is 11.5. The minimum Gasteiger partial charge on any atom is -0.495 e. The number of sulfonamides is 1. The van der Waals surface area contributed by atoms with E-state index >= 15 is 0 Å². The lowest BCUT2D eigenvalue weighted by molar-refractivity contribution is 0.402. The largest absolute Gasteiger partial charge is 0.495 e. The molecule has 2 rings (SSSR count). The molecule has 0 unspecified atom stereocenters. The van der Waals surface area contributed by atoms with E-state index in [1.54, 1.807) is 18.2 Å². The van der Waals surface area contributed by atoms with Gasteiger partial charge in [-0.15, -0.1) is 11.3 Å². The van der Waals surface area contributed by atoms with Crippen LogP contribution in [0.15, 0.2) is 35.2 Å². The predicted molar refractivity (Wildman–Crippen MR) is 80.8 cm³/mol. The number of thiophene rings is 1. The Labute approximate surface area is 126 Å². The molecule has 1 aromatic carbocycles. The number of halogens is 1. The van der Waals surface area contributed by atoms with Crippen LogP contribution in [0.3, 0.4) is 0 Å². The molecule has 0 bridgehead atoms. The zero-order valence-corrected chi connectivity index (χ0v) is 13.0. The summed E-state index contributed by atoms with van der Waals surface area (Å²) in [6.45, 7) is 0.164. The molecule has 5 nitrogen and oxygen atoms in total. The van der Waals surface area contributed by atoms with Gasteiger partial charge in [-0.1, -0.05) is 11.6 Å². The van der Waals surface area contributed by atoms with Gasteiger partial charge in [-0.3, -0.25) is 0 Å². The van der Waals surface area contributed by atoms with Crippen LogP contribution in [0.4, 0.5) is 5.69 Å². The Kier molecular flexibility index (Phi) is 4.54. The maximum atomic E-state index is 12.3. The first-order valence-corrected chi connectivity index (χ1v) is 8.27. The lowest BCUT2D eigenvalue weighted by atomic mass is 10.3. The average Bonchev–Trinajstić information content (AvgIpc) is 2.82. The van der Waals surface area contributed by atoms with Gasteiger partial charge < -0.3 is 10.5 Å². The summed E-state index contributed by atoms with van der Waals surface area (Å²) in [7, 11) is -2.30. The zero-order valence-electron chi connectivity index (χ0n) is 10.6. The fourth-order valence-corrected chi connectivity index (χ4v) is 3.92. The number of nitrogen functional groups attached to an aromatic ring is 1. The molecule has 0 radical (unpaired) electrons. The number of hydrogen-bond donors (Lipinski definition) is 2. The molecule has 1 heterocycles. The quantitative estimate of drug-likeness (QED) is 0.824. The van der Waals surface area contributed by atoms with Crippen LogP contribution in [0.1, 0.15) is 4.88 Å². The summed E-state index contributed by atoms with van der Waals surface area (Å²) in [5, 5.41) is 0. The Bertz CT molecular complexity index is 713. The molecule has 0 saturated carbocycles. The number of ether oxygens (including phenoxy) is 1. The Hall–Kier alpha value is -1.28. The second-order valence-electron chi connectivity index (χ2n) is 3.94. The molecule has 3 N–H and O–H groups in total. The highest BCUT2D eigenvalue weighted by Crippen LogP contribution is 2.26. The first-order valence-electron chi connectivity index (χ1n) is 5.60. The standard InChI is InChI=1S/C12H13ClN2O3S2/c1-18-10-4-2-8(14)6-11(10)20(16,17)15-7-9-3-5-12(13)19-9/h2-6,15H,7,14H2,1H3. The van der Waals surface area contributed by atoms with Crippen molar-refractivity contribution in [3.8, 4) is 5.75 Å². The van der Waals surface area contributed by atoms with Crippen LogP contribution in [0, 0.1) is 0 Å². The smallest absolute Gasteiger partial charge is 0.244 e. The van der Waals surface area contributed by atoms with E-state index in [-0.39, 0.29) is 17.2 Å². The lowest BCUT2D eigenvalue weighted by Gasteiger charge is -2.10. The second kappa shape index (κ2) is 6.01. The molecule has 1 aromatic heterocycles. The Morgan fingerprint density at radius 2 is 2.10 bits per heavy atom. The monoisotopic (exact) mass is 332 g/mol. The minimum atomic E-state index is -3.71. The van der Waals surface area contributed by atoms with E-state index in [0.717, 1.165) is 4.88 Å². The second-order valence-corrected chi connectivity index (χ2v) is 7.48. The van der Waals surface area contributed by atoms with Crippen molar-refractivity contribution in [1.29, 1.82) is 0 Å². The highest BCUT2D eigenvalue weighted by atomic mass is 35.5. The first-order chi connectivity index (χ1) is 9.42. The Morgan fingerprint density at radius 3 is 2.70 bits per heavy atom. The maximum Gasteiger partial charge on any atom is 0.244 e. The van der Waals surface area contributed by atoms with Crippen LogP contribution >= 0.6 is 22.9 Å². The molecule has 0 amide bonds.